The zero-order valence-electron chi connectivity index (χ0n) is 8.92. The van der Waals surface area contributed by atoms with Gasteiger partial charge in [-0.25, -0.2) is 0 Å². The molecule has 1 aromatic carbocycles. The van der Waals surface area contributed by atoms with Crippen molar-refractivity contribution in [3.63, 3.8) is 0 Å². The third-order valence-electron chi connectivity index (χ3n) is 2.44. The monoisotopic (exact) mass is 204 g/mol. The summed E-state index contributed by atoms with van der Waals surface area (Å²) in [5.41, 5.74) is 2.00. The molecule has 0 atom stereocenters. The molecule has 1 amide bonds. The van der Waals surface area contributed by atoms with E-state index in [1.54, 1.807) is 0 Å². The molecular formula is C12H16N2O. The van der Waals surface area contributed by atoms with Crippen LogP contribution in [0.15, 0.2) is 24.3 Å². The van der Waals surface area contributed by atoms with Crippen LogP contribution in [0.25, 0.3) is 0 Å². The molecule has 0 aliphatic heterocycles. The van der Waals surface area contributed by atoms with Crippen LogP contribution in [-0.2, 0) is 4.79 Å². The van der Waals surface area contributed by atoms with Gasteiger partial charge in [-0.1, -0.05) is 6.92 Å². The van der Waals surface area contributed by atoms with Crippen molar-refractivity contribution in [1.29, 1.82) is 0 Å². The Bertz CT molecular complexity index is 341. The van der Waals surface area contributed by atoms with Gasteiger partial charge in [-0.3, -0.25) is 4.79 Å². The summed E-state index contributed by atoms with van der Waals surface area (Å²) in [5.74, 6) is 0.0536. The van der Waals surface area contributed by atoms with E-state index in [9.17, 15) is 4.79 Å². The summed E-state index contributed by atoms with van der Waals surface area (Å²) >= 11 is 0. The highest BCUT2D eigenvalue weighted by atomic mass is 16.1. The number of amides is 1. The Morgan fingerprint density at radius 1 is 1.27 bits per heavy atom. The van der Waals surface area contributed by atoms with Crippen molar-refractivity contribution in [2.45, 2.75) is 32.2 Å². The Labute approximate surface area is 89.9 Å². The van der Waals surface area contributed by atoms with Gasteiger partial charge in [0.25, 0.3) is 0 Å². The number of nitrogens with one attached hydrogen (secondary N) is 2. The largest absolute Gasteiger partial charge is 0.382 e. The van der Waals surface area contributed by atoms with E-state index >= 15 is 0 Å². The molecule has 2 N–H and O–H groups in total. The van der Waals surface area contributed by atoms with Gasteiger partial charge in [0, 0.05) is 23.8 Å². The Morgan fingerprint density at radius 2 is 1.87 bits per heavy atom. The lowest BCUT2D eigenvalue weighted by molar-refractivity contribution is -0.115. The van der Waals surface area contributed by atoms with Gasteiger partial charge < -0.3 is 10.6 Å². The van der Waals surface area contributed by atoms with Gasteiger partial charge in [0.05, 0.1) is 0 Å². The van der Waals surface area contributed by atoms with Crippen LogP contribution < -0.4 is 10.6 Å². The first-order chi connectivity index (χ1) is 7.28. The normalized spacial score (nSPS) is 14.7. The first kappa shape index (κ1) is 10.0. The van der Waals surface area contributed by atoms with Gasteiger partial charge >= 0.3 is 0 Å². The summed E-state index contributed by atoms with van der Waals surface area (Å²) in [7, 11) is 0. The van der Waals surface area contributed by atoms with Crippen LogP contribution in [0, 0.1) is 0 Å². The molecule has 1 aliphatic carbocycles. The van der Waals surface area contributed by atoms with Crippen LogP contribution in [0.3, 0.4) is 0 Å². The van der Waals surface area contributed by atoms with Crippen molar-refractivity contribution in [3.05, 3.63) is 24.3 Å². The molecule has 0 heterocycles. The second-order valence-electron chi connectivity index (χ2n) is 3.90. The molecule has 0 radical (unpaired) electrons. The van der Waals surface area contributed by atoms with E-state index < -0.39 is 0 Å². The lowest BCUT2D eigenvalue weighted by Crippen LogP contribution is -2.09. The average molecular weight is 204 g/mol. The molecule has 1 aromatic rings. The minimum absolute atomic E-state index is 0.0536. The maximum absolute atomic E-state index is 11.1. The maximum atomic E-state index is 11.1. The fourth-order valence-corrected chi connectivity index (χ4v) is 1.36. The summed E-state index contributed by atoms with van der Waals surface area (Å²) in [4.78, 5) is 11.1. The molecule has 15 heavy (non-hydrogen) atoms. The van der Waals surface area contributed by atoms with Crippen LogP contribution in [0.4, 0.5) is 11.4 Å². The number of hydrogen-bond acceptors (Lipinski definition) is 2. The number of rotatable bonds is 4. The summed E-state index contributed by atoms with van der Waals surface area (Å²) in [6, 6.07) is 8.53. The average Bonchev–Trinajstić information content (AvgIpc) is 3.05. The lowest BCUT2D eigenvalue weighted by atomic mass is 10.2. The SMILES string of the molecule is CCC(=O)Nc1ccc(NC2CC2)cc1. The van der Waals surface area contributed by atoms with Crippen molar-refractivity contribution in [2.24, 2.45) is 0 Å². The van der Waals surface area contributed by atoms with Crippen molar-refractivity contribution in [2.75, 3.05) is 10.6 Å². The molecule has 2 rings (SSSR count). The molecule has 1 fully saturated rings. The van der Waals surface area contributed by atoms with Crippen molar-refractivity contribution >= 4 is 17.3 Å². The van der Waals surface area contributed by atoms with Crippen molar-refractivity contribution < 1.29 is 4.79 Å². The molecule has 0 unspecified atom stereocenters. The number of carbonyl (C=O) groups excluding carboxylic acids is 1. The highest BCUT2D eigenvalue weighted by Crippen LogP contribution is 2.25. The van der Waals surface area contributed by atoms with Crippen LogP contribution in [0.2, 0.25) is 0 Å². The van der Waals surface area contributed by atoms with Crippen LogP contribution in [0.1, 0.15) is 26.2 Å². The third kappa shape index (κ3) is 2.98. The quantitative estimate of drug-likeness (QED) is 0.791. The minimum atomic E-state index is 0.0536. The highest BCUT2D eigenvalue weighted by Gasteiger charge is 2.20. The number of carbonyl (C=O) groups is 1. The van der Waals surface area contributed by atoms with Crippen molar-refractivity contribution in [1.82, 2.24) is 0 Å². The van der Waals surface area contributed by atoms with E-state index in [0.29, 0.717) is 12.5 Å². The lowest BCUT2D eigenvalue weighted by Gasteiger charge is -2.06. The van der Waals surface area contributed by atoms with E-state index in [1.807, 2.05) is 31.2 Å². The summed E-state index contributed by atoms with van der Waals surface area (Å²) in [5, 5.41) is 6.22. The smallest absolute Gasteiger partial charge is 0.224 e. The van der Waals surface area contributed by atoms with Gasteiger partial charge in [-0.15, -0.1) is 0 Å². The summed E-state index contributed by atoms with van der Waals surface area (Å²) < 4.78 is 0. The molecule has 0 bridgehead atoms. The maximum Gasteiger partial charge on any atom is 0.224 e. The third-order valence-corrected chi connectivity index (χ3v) is 2.44. The van der Waals surface area contributed by atoms with Crippen LogP contribution in [0.5, 0.6) is 0 Å². The van der Waals surface area contributed by atoms with E-state index in [4.69, 9.17) is 0 Å². The number of hydrogen-bond donors (Lipinski definition) is 2. The highest BCUT2D eigenvalue weighted by molar-refractivity contribution is 5.90. The van der Waals surface area contributed by atoms with Crippen LogP contribution >= 0.6 is 0 Å². The predicted octanol–water partition coefficient (Wildman–Crippen LogP) is 2.61. The second-order valence-corrected chi connectivity index (χ2v) is 3.90. The predicted molar refractivity (Wildman–Crippen MR) is 62.0 cm³/mol. The van der Waals surface area contributed by atoms with Gasteiger partial charge in [0.2, 0.25) is 5.91 Å². The standard InChI is InChI=1S/C12H16N2O/c1-2-12(15)14-11-7-5-10(6-8-11)13-9-3-4-9/h5-9,13H,2-4H2,1H3,(H,14,15). The second kappa shape index (κ2) is 4.34. The Morgan fingerprint density at radius 3 is 2.40 bits per heavy atom. The zero-order chi connectivity index (χ0) is 10.7. The van der Waals surface area contributed by atoms with E-state index in [1.165, 1.54) is 12.8 Å². The molecule has 80 valence electrons. The first-order valence-electron chi connectivity index (χ1n) is 5.44. The number of benzene rings is 1. The molecular weight excluding hydrogens is 188 g/mol. The van der Waals surface area contributed by atoms with E-state index in [-0.39, 0.29) is 5.91 Å². The fraction of sp³-hybridized carbons (Fsp3) is 0.417. The molecule has 1 aliphatic rings. The number of anilines is 2. The molecule has 0 spiro atoms. The molecule has 3 heteroatoms. The Kier molecular flexibility index (Phi) is 2.90. The molecule has 1 saturated carbocycles. The van der Waals surface area contributed by atoms with Gasteiger partial charge in [-0.2, -0.15) is 0 Å². The van der Waals surface area contributed by atoms with Gasteiger partial charge in [-0.05, 0) is 37.1 Å². The topological polar surface area (TPSA) is 41.1 Å². The molecule has 0 aromatic heterocycles. The fourth-order valence-electron chi connectivity index (χ4n) is 1.36. The summed E-state index contributed by atoms with van der Waals surface area (Å²) in [6.45, 7) is 1.85. The van der Waals surface area contributed by atoms with E-state index in [2.05, 4.69) is 10.6 Å². The van der Waals surface area contributed by atoms with Crippen LogP contribution in [-0.4, -0.2) is 11.9 Å². The summed E-state index contributed by atoms with van der Waals surface area (Å²) in [6.07, 6.45) is 3.06. The molecule has 3 nitrogen and oxygen atoms in total. The Balaban J connectivity index is 1.93. The first-order valence-corrected chi connectivity index (χ1v) is 5.44. The zero-order valence-corrected chi connectivity index (χ0v) is 8.92. The van der Waals surface area contributed by atoms with Gasteiger partial charge in [0.1, 0.15) is 0 Å². The van der Waals surface area contributed by atoms with Crippen molar-refractivity contribution in [3.8, 4) is 0 Å². The molecule has 0 saturated heterocycles. The Hall–Kier alpha value is -1.51. The minimum Gasteiger partial charge on any atom is -0.382 e. The van der Waals surface area contributed by atoms with E-state index in [0.717, 1.165) is 11.4 Å². The van der Waals surface area contributed by atoms with Gasteiger partial charge in [0.15, 0.2) is 0 Å².